The van der Waals surface area contributed by atoms with Crippen molar-refractivity contribution in [1.82, 2.24) is 10.6 Å². The Balaban J connectivity index is 1.51. The van der Waals surface area contributed by atoms with Crippen molar-refractivity contribution >= 4 is 18.0 Å². The second kappa shape index (κ2) is 8.92. The number of fused-ring (bicyclic) bond motifs is 2. The Bertz CT molecular complexity index is 974. The number of carboxylic acid groups (broad SMARTS) is 2. The highest BCUT2D eigenvalue weighted by Gasteiger charge is 2.25. The van der Waals surface area contributed by atoms with Gasteiger partial charge in [0.2, 0.25) is 13.6 Å². The molecule has 0 aromatic heterocycles. The van der Waals surface area contributed by atoms with Crippen molar-refractivity contribution in [3.8, 4) is 23.0 Å². The maximum atomic E-state index is 12.7. The van der Waals surface area contributed by atoms with Crippen LogP contribution < -0.4 is 29.6 Å². The molecular formula is C21H20N2O9. The van der Waals surface area contributed by atoms with Gasteiger partial charge in [0.1, 0.15) is 0 Å². The number of nitrogens with one attached hydrogen (secondary N) is 2. The lowest BCUT2D eigenvalue weighted by Gasteiger charge is -2.22. The quantitative estimate of drug-likeness (QED) is 0.480. The molecule has 32 heavy (non-hydrogen) atoms. The highest BCUT2D eigenvalue weighted by atomic mass is 16.7. The Morgan fingerprint density at radius 3 is 1.53 bits per heavy atom. The number of rotatable bonds is 8. The van der Waals surface area contributed by atoms with Gasteiger partial charge in [0.15, 0.2) is 23.0 Å². The summed E-state index contributed by atoms with van der Waals surface area (Å²) in [5, 5.41) is 23.8. The Labute approximate surface area is 181 Å². The zero-order valence-corrected chi connectivity index (χ0v) is 16.7. The molecule has 0 saturated heterocycles. The Hall–Kier alpha value is -4.15. The summed E-state index contributed by atoms with van der Waals surface area (Å²) < 4.78 is 21.1. The van der Waals surface area contributed by atoms with Crippen LogP contribution >= 0.6 is 0 Å². The third-order valence-electron chi connectivity index (χ3n) is 4.97. The first-order valence-corrected chi connectivity index (χ1v) is 9.69. The van der Waals surface area contributed by atoms with Crippen LogP contribution in [0.1, 0.15) is 36.1 Å². The fraction of sp³-hybridized carbons (Fsp3) is 0.286. The van der Waals surface area contributed by atoms with Gasteiger partial charge in [-0.15, -0.1) is 0 Å². The van der Waals surface area contributed by atoms with E-state index in [0.29, 0.717) is 34.1 Å². The summed E-state index contributed by atoms with van der Waals surface area (Å²) in [5.74, 6) is -0.293. The lowest BCUT2D eigenvalue weighted by atomic mass is 10.0. The fourth-order valence-corrected chi connectivity index (χ4v) is 3.47. The van der Waals surface area contributed by atoms with Crippen LogP contribution in [0, 0.1) is 0 Å². The number of carboxylic acids is 2. The third kappa shape index (κ3) is 4.77. The van der Waals surface area contributed by atoms with Gasteiger partial charge in [0.25, 0.3) is 0 Å². The molecule has 0 unspecified atom stereocenters. The molecule has 2 aliphatic heterocycles. The van der Waals surface area contributed by atoms with Crippen LogP contribution in [-0.4, -0.2) is 41.8 Å². The van der Waals surface area contributed by atoms with E-state index in [1.807, 2.05) is 0 Å². The number of carbonyl (C=O) groups excluding carboxylic acids is 1. The van der Waals surface area contributed by atoms with E-state index in [-0.39, 0.29) is 26.4 Å². The fourth-order valence-electron chi connectivity index (χ4n) is 3.47. The highest BCUT2D eigenvalue weighted by Crippen LogP contribution is 2.36. The number of amides is 2. The molecule has 0 aliphatic carbocycles. The van der Waals surface area contributed by atoms with Crippen LogP contribution in [0.15, 0.2) is 36.4 Å². The standard InChI is InChI=1S/C21H20N2O9/c24-19(25)7-13(11-1-3-15-17(5-11)31-9-29-15)22-21(28)23-14(8-20(26)27)12-2-4-16-18(6-12)32-10-30-16/h1-6,13-14H,7-10H2,(H,24,25)(H,26,27)(H2,22,23,28)/t13-,14-/m0/s1. The molecule has 11 heteroatoms. The lowest BCUT2D eigenvalue weighted by molar-refractivity contribution is -0.138. The summed E-state index contributed by atoms with van der Waals surface area (Å²) in [6.45, 7) is 0.116. The topological polar surface area (TPSA) is 153 Å². The van der Waals surface area contributed by atoms with Crippen molar-refractivity contribution in [3.05, 3.63) is 47.5 Å². The molecule has 2 atom stereocenters. The molecule has 0 spiro atoms. The molecule has 2 amide bonds. The molecule has 0 saturated carbocycles. The number of benzene rings is 2. The predicted octanol–water partition coefficient (Wildman–Crippen LogP) is 2.17. The second-order valence-corrected chi connectivity index (χ2v) is 7.14. The van der Waals surface area contributed by atoms with Crippen LogP contribution in [0.4, 0.5) is 4.79 Å². The summed E-state index contributed by atoms with van der Waals surface area (Å²) in [6.07, 6.45) is -0.776. The average molecular weight is 444 g/mol. The van der Waals surface area contributed by atoms with Gasteiger partial charge in [0, 0.05) is 0 Å². The van der Waals surface area contributed by atoms with Crippen LogP contribution in [0.5, 0.6) is 23.0 Å². The Kier molecular flexibility index (Phi) is 5.88. The number of aliphatic carboxylic acids is 2. The van der Waals surface area contributed by atoms with Crippen LogP contribution in [0.25, 0.3) is 0 Å². The average Bonchev–Trinajstić information content (AvgIpc) is 3.40. The van der Waals surface area contributed by atoms with Gasteiger partial charge >= 0.3 is 18.0 Å². The van der Waals surface area contributed by atoms with Gasteiger partial charge in [-0.2, -0.15) is 0 Å². The first-order chi connectivity index (χ1) is 15.4. The van der Waals surface area contributed by atoms with Gasteiger partial charge in [-0.3, -0.25) is 9.59 Å². The molecule has 2 aliphatic rings. The van der Waals surface area contributed by atoms with Gasteiger partial charge in [0.05, 0.1) is 24.9 Å². The molecule has 0 radical (unpaired) electrons. The van der Waals surface area contributed by atoms with Crippen molar-refractivity contribution in [2.75, 3.05) is 13.6 Å². The summed E-state index contributed by atoms with van der Waals surface area (Å²) in [4.78, 5) is 35.5. The molecule has 2 aromatic rings. The van der Waals surface area contributed by atoms with E-state index in [1.54, 1.807) is 36.4 Å². The van der Waals surface area contributed by atoms with E-state index in [1.165, 1.54) is 0 Å². The Morgan fingerprint density at radius 2 is 1.12 bits per heavy atom. The minimum Gasteiger partial charge on any atom is -0.481 e. The van der Waals surface area contributed by atoms with E-state index in [2.05, 4.69) is 10.6 Å². The first kappa shape index (κ1) is 21.1. The molecule has 2 heterocycles. The zero-order valence-electron chi connectivity index (χ0n) is 16.7. The van der Waals surface area contributed by atoms with Crippen molar-refractivity contribution < 1.29 is 43.5 Å². The molecule has 168 valence electrons. The van der Waals surface area contributed by atoms with Gasteiger partial charge in [-0.25, -0.2) is 4.79 Å². The van der Waals surface area contributed by atoms with Crippen LogP contribution in [0.2, 0.25) is 0 Å². The maximum absolute atomic E-state index is 12.7. The molecule has 0 fully saturated rings. The van der Waals surface area contributed by atoms with Crippen molar-refractivity contribution in [3.63, 3.8) is 0 Å². The molecule has 4 N–H and O–H groups in total. The maximum Gasteiger partial charge on any atom is 0.315 e. The normalized spacial score (nSPS) is 15.0. The Morgan fingerprint density at radius 1 is 0.719 bits per heavy atom. The van der Waals surface area contributed by atoms with E-state index in [0.717, 1.165) is 0 Å². The lowest BCUT2D eigenvalue weighted by Crippen LogP contribution is -2.41. The SMILES string of the molecule is O=C(O)C[C@H](NC(=O)N[C@@H](CC(=O)O)c1ccc2c(c1)OCO2)c1ccc2c(c1)OCO2. The van der Waals surface area contributed by atoms with E-state index in [4.69, 9.17) is 18.9 Å². The second-order valence-electron chi connectivity index (χ2n) is 7.14. The molecule has 0 bridgehead atoms. The minimum atomic E-state index is -1.12. The van der Waals surface area contributed by atoms with Gasteiger partial charge in [-0.05, 0) is 35.4 Å². The van der Waals surface area contributed by atoms with Gasteiger partial charge in [-0.1, -0.05) is 12.1 Å². The number of urea groups is 1. The smallest absolute Gasteiger partial charge is 0.315 e. The van der Waals surface area contributed by atoms with Crippen LogP contribution in [-0.2, 0) is 9.59 Å². The molecule has 11 nitrogen and oxygen atoms in total. The number of ether oxygens (including phenoxy) is 4. The molecule has 2 aromatic carbocycles. The number of hydrogen-bond donors (Lipinski definition) is 4. The van der Waals surface area contributed by atoms with E-state index in [9.17, 15) is 24.6 Å². The third-order valence-corrected chi connectivity index (χ3v) is 4.97. The van der Waals surface area contributed by atoms with Crippen molar-refractivity contribution in [2.24, 2.45) is 0 Å². The summed E-state index contributed by atoms with van der Waals surface area (Å²) in [7, 11) is 0. The molecule has 4 rings (SSSR count). The van der Waals surface area contributed by atoms with E-state index < -0.39 is 30.1 Å². The summed E-state index contributed by atoms with van der Waals surface area (Å²) in [5.41, 5.74) is 1.01. The zero-order chi connectivity index (χ0) is 22.7. The minimum absolute atomic E-state index is 0.0582. The largest absolute Gasteiger partial charge is 0.481 e. The summed E-state index contributed by atoms with van der Waals surface area (Å²) in [6, 6.07) is 7.23. The van der Waals surface area contributed by atoms with Crippen molar-refractivity contribution in [2.45, 2.75) is 24.9 Å². The highest BCUT2D eigenvalue weighted by molar-refractivity contribution is 5.78. The first-order valence-electron chi connectivity index (χ1n) is 9.69. The summed E-state index contributed by atoms with van der Waals surface area (Å²) >= 11 is 0. The predicted molar refractivity (Wildman–Crippen MR) is 107 cm³/mol. The van der Waals surface area contributed by atoms with Crippen LogP contribution in [0.3, 0.4) is 0 Å². The van der Waals surface area contributed by atoms with Gasteiger partial charge < -0.3 is 39.8 Å². The molecular weight excluding hydrogens is 424 g/mol. The number of hydrogen-bond acceptors (Lipinski definition) is 7. The van der Waals surface area contributed by atoms with Crippen molar-refractivity contribution in [1.29, 1.82) is 0 Å². The van der Waals surface area contributed by atoms with E-state index >= 15 is 0 Å². The number of carbonyl (C=O) groups is 3. The monoisotopic (exact) mass is 444 g/mol.